The van der Waals surface area contributed by atoms with Gasteiger partial charge in [0.15, 0.2) is 0 Å². The fourth-order valence-electron chi connectivity index (χ4n) is 2.74. The summed E-state index contributed by atoms with van der Waals surface area (Å²) in [4.78, 5) is 12.5. The summed E-state index contributed by atoms with van der Waals surface area (Å²) in [5.41, 5.74) is 1.36. The van der Waals surface area contributed by atoms with Crippen LogP contribution in [0.15, 0.2) is 66.7 Å². The van der Waals surface area contributed by atoms with Gasteiger partial charge in [-0.05, 0) is 42.0 Å². The Kier molecular flexibility index (Phi) is 6.46. The van der Waals surface area contributed by atoms with E-state index in [4.69, 9.17) is 14.2 Å². The van der Waals surface area contributed by atoms with Gasteiger partial charge in [-0.15, -0.1) is 0 Å². The van der Waals surface area contributed by atoms with Crippen molar-refractivity contribution in [2.24, 2.45) is 0 Å². The predicted octanol–water partition coefficient (Wildman–Crippen LogP) is 5.13. The van der Waals surface area contributed by atoms with Crippen LogP contribution in [-0.2, 0) is 0 Å². The fourth-order valence-corrected chi connectivity index (χ4v) is 2.74. The minimum atomic E-state index is -0.570. The van der Waals surface area contributed by atoms with Crippen LogP contribution in [-0.4, -0.2) is 20.2 Å². The fraction of sp³-hybridized carbons (Fsp3) is 0.0833. The molecule has 0 saturated heterocycles. The molecule has 0 saturated carbocycles. The number of esters is 1. The van der Waals surface area contributed by atoms with Crippen molar-refractivity contribution in [3.05, 3.63) is 89.2 Å². The van der Waals surface area contributed by atoms with Crippen LogP contribution in [0.25, 0.3) is 11.6 Å². The number of carbonyl (C=O) groups is 1. The van der Waals surface area contributed by atoms with Crippen LogP contribution in [0.3, 0.4) is 0 Å². The molecule has 0 radical (unpaired) electrons. The number of nitriles is 1. The molecule has 0 aliphatic heterocycles. The van der Waals surface area contributed by atoms with Crippen LogP contribution in [0.5, 0.6) is 17.2 Å². The third kappa shape index (κ3) is 4.83. The Balaban J connectivity index is 1.79. The van der Waals surface area contributed by atoms with E-state index in [0.717, 1.165) is 0 Å². The van der Waals surface area contributed by atoms with Gasteiger partial charge in [0.2, 0.25) is 0 Å². The second-order valence-electron chi connectivity index (χ2n) is 6.21. The molecule has 30 heavy (non-hydrogen) atoms. The van der Waals surface area contributed by atoms with Gasteiger partial charge in [0.05, 0.1) is 31.4 Å². The number of rotatable bonds is 6. The third-order valence-corrected chi connectivity index (χ3v) is 4.27. The predicted molar refractivity (Wildman–Crippen MR) is 111 cm³/mol. The zero-order valence-corrected chi connectivity index (χ0v) is 16.4. The van der Waals surface area contributed by atoms with Gasteiger partial charge in [-0.3, -0.25) is 0 Å². The molecule has 3 aromatic carbocycles. The average Bonchev–Trinajstić information content (AvgIpc) is 2.78. The highest BCUT2D eigenvalue weighted by Gasteiger charge is 2.13. The molecule has 3 aromatic rings. The smallest absolute Gasteiger partial charge is 0.343 e. The molecule has 3 rings (SSSR count). The van der Waals surface area contributed by atoms with Gasteiger partial charge in [-0.2, -0.15) is 5.26 Å². The van der Waals surface area contributed by atoms with Crippen LogP contribution < -0.4 is 14.2 Å². The number of benzene rings is 3. The molecule has 0 N–H and O–H groups in total. The van der Waals surface area contributed by atoms with E-state index in [2.05, 4.69) is 0 Å². The Hall–Kier alpha value is -4.11. The van der Waals surface area contributed by atoms with Gasteiger partial charge < -0.3 is 14.2 Å². The van der Waals surface area contributed by atoms with Crippen molar-refractivity contribution < 1.29 is 23.4 Å². The molecule has 0 unspecified atom stereocenters. The largest absolute Gasteiger partial charge is 0.497 e. The lowest BCUT2D eigenvalue weighted by Gasteiger charge is -2.09. The van der Waals surface area contributed by atoms with E-state index in [9.17, 15) is 14.4 Å². The van der Waals surface area contributed by atoms with Crippen molar-refractivity contribution in [2.45, 2.75) is 0 Å². The first-order chi connectivity index (χ1) is 14.5. The zero-order valence-electron chi connectivity index (χ0n) is 16.4. The number of halogens is 1. The van der Waals surface area contributed by atoms with Crippen molar-refractivity contribution in [3.8, 4) is 23.3 Å². The second kappa shape index (κ2) is 9.39. The second-order valence-corrected chi connectivity index (χ2v) is 6.21. The summed E-state index contributed by atoms with van der Waals surface area (Å²) in [6.07, 6.45) is 1.57. The van der Waals surface area contributed by atoms with Crippen molar-refractivity contribution in [2.75, 3.05) is 14.2 Å². The minimum Gasteiger partial charge on any atom is -0.497 e. The summed E-state index contributed by atoms with van der Waals surface area (Å²) >= 11 is 0. The summed E-state index contributed by atoms with van der Waals surface area (Å²) in [5, 5.41) is 9.38. The Morgan fingerprint density at radius 2 is 1.57 bits per heavy atom. The Labute approximate surface area is 173 Å². The molecule has 0 aliphatic rings. The monoisotopic (exact) mass is 403 g/mol. The summed E-state index contributed by atoms with van der Waals surface area (Å²) in [7, 11) is 2.99. The van der Waals surface area contributed by atoms with E-state index in [-0.39, 0.29) is 16.7 Å². The van der Waals surface area contributed by atoms with E-state index in [0.29, 0.717) is 22.8 Å². The highest BCUT2D eigenvalue weighted by molar-refractivity contribution is 5.92. The van der Waals surface area contributed by atoms with Crippen LogP contribution in [0, 0.1) is 17.1 Å². The van der Waals surface area contributed by atoms with Crippen LogP contribution in [0.2, 0.25) is 0 Å². The maximum Gasteiger partial charge on any atom is 0.343 e. The lowest BCUT2D eigenvalue weighted by atomic mass is 10.0. The first-order valence-electron chi connectivity index (χ1n) is 8.96. The number of hydrogen-bond donors (Lipinski definition) is 0. The first kappa shape index (κ1) is 20.6. The molecule has 5 nitrogen and oxygen atoms in total. The molecule has 0 aromatic heterocycles. The summed E-state index contributed by atoms with van der Waals surface area (Å²) in [5.74, 6) is 0.227. The lowest BCUT2D eigenvalue weighted by Crippen LogP contribution is -2.09. The zero-order chi connectivity index (χ0) is 21.5. The normalized spacial score (nSPS) is 10.8. The van der Waals surface area contributed by atoms with Crippen molar-refractivity contribution in [1.29, 1.82) is 5.26 Å². The SMILES string of the molecule is COc1cc(OC)cc(C(=O)Oc2ccc(/C=C(/C#N)c3ccccc3F)cc2)c1. The quantitative estimate of drug-likeness (QED) is 0.247. The average molecular weight is 403 g/mol. The molecule has 0 aliphatic carbocycles. The van der Waals surface area contributed by atoms with E-state index >= 15 is 0 Å². The summed E-state index contributed by atoms with van der Waals surface area (Å²) in [6, 6.07) is 19.4. The number of allylic oxidation sites excluding steroid dienone is 1. The molecule has 150 valence electrons. The highest BCUT2D eigenvalue weighted by Crippen LogP contribution is 2.25. The van der Waals surface area contributed by atoms with Crippen LogP contribution in [0.1, 0.15) is 21.5 Å². The molecule has 0 atom stereocenters. The minimum absolute atomic E-state index is 0.196. The summed E-state index contributed by atoms with van der Waals surface area (Å²) < 4.78 is 29.7. The molecular weight excluding hydrogens is 385 g/mol. The number of ether oxygens (including phenoxy) is 3. The first-order valence-corrected chi connectivity index (χ1v) is 8.96. The topological polar surface area (TPSA) is 68.6 Å². The Morgan fingerprint density at radius 1 is 0.933 bits per heavy atom. The maximum atomic E-state index is 13.9. The van der Waals surface area contributed by atoms with Crippen molar-refractivity contribution >= 4 is 17.6 Å². The van der Waals surface area contributed by atoms with Gasteiger partial charge in [0.25, 0.3) is 0 Å². The Bertz CT molecular complexity index is 1110. The maximum absolute atomic E-state index is 13.9. The van der Waals surface area contributed by atoms with E-state index in [1.165, 1.54) is 20.3 Å². The number of methoxy groups -OCH3 is 2. The van der Waals surface area contributed by atoms with Gasteiger partial charge >= 0.3 is 5.97 Å². The number of hydrogen-bond acceptors (Lipinski definition) is 5. The number of nitrogens with zero attached hydrogens (tertiary/aromatic N) is 1. The van der Waals surface area contributed by atoms with E-state index < -0.39 is 11.8 Å². The Morgan fingerprint density at radius 3 is 2.13 bits per heavy atom. The lowest BCUT2D eigenvalue weighted by molar-refractivity contribution is 0.0734. The van der Waals surface area contributed by atoms with Crippen LogP contribution >= 0.6 is 0 Å². The molecule has 0 spiro atoms. The number of carbonyl (C=O) groups excluding carboxylic acids is 1. The highest BCUT2D eigenvalue weighted by atomic mass is 19.1. The van der Waals surface area contributed by atoms with Gasteiger partial charge in [0, 0.05) is 11.6 Å². The van der Waals surface area contributed by atoms with Crippen LogP contribution in [0.4, 0.5) is 4.39 Å². The van der Waals surface area contributed by atoms with Crippen molar-refractivity contribution in [3.63, 3.8) is 0 Å². The molecule has 0 heterocycles. The van der Waals surface area contributed by atoms with E-state index in [1.807, 2.05) is 6.07 Å². The third-order valence-electron chi connectivity index (χ3n) is 4.27. The molecular formula is C24H18FNO4. The molecule has 0 fully saturated rings. The van der Waals surface area contributed by atoms with Gasteiger partial charge in [-0.1, -0.05) is 30.3 Å². The molecule has 6 heteroatoms. The standard InChI is InChI=1S/C24H18FNO4/c1-28-20-12-17(13-21(14-20)29-2)24(27)30-19-9-7-16(8-10-19)11-18(15-26)22-5-3-4-6-23(22)25/h3-14H,1-2H3/b18-11-. The molecule has 0 bridgehead atoms. The van der Waals surface area contributed by atoms with E-state index in [1.54, 1.807) is 66.7 Å². The van der Waals surface area contributed by atoms with Gasteiger partial charge in [-0.25, -0.2) is 9.18 Å². The van der Waals surface area contributed by atoms with Crippen molar-refractivity contribution in [1.82, 2.24) is 0 Å². The summed E-state index contributed by atoms with van der Waals surface area (Å²) in [6.45, 7) is 0. The van der Waals surface area contributed by atoms with Gasteiger partial charge in [0.1, 0.15) is 23.1 Å². The molecule has 0 amide bonds.